The fourth-order valence-corrected chi connectivity index (χ4v) is 11.9. The SMILES string of the molecule is CC/C=C\C/C=C\C/C=C\C/C=C\C/C=C\C/C=C\C/C=C\C/C=C\C/C=C\C/C=C\C/C=C\CCCCCCCC(=O)NC(COC1OC(CO)C(OC2OC(CO)C(OC3OC(CO)C(O)C(O)C3O)C(O)C2O)C(O)C1O)C(O)/C=C/CC/C=C/CCCCCCCCCCCCCC. The minimum Gasteiger partial charge on any atom is -0.394 e. The van der Waals surface area contributed by atoms with Gasteiger partial charge in [-0.05, 0) is 116 Å². The highest BCUT2D eigenvalue weighted by Gasteiger charge is 2.53. The van der Waals surface area contributed by atoms with Gasteiger partial charge in [0.15, 0.2) is 18.9 Å². The molecule has 3 heterocycles. The van der Waals surface area contributed by atoms with E-state index in [-0.39, 0.29) is 18.9 Å². The number of ether oxygens (including phenoxy) is 6. The molecule has 0 aromatic heterocycles. The highest BCUT2D eigenvalue weighted by atomic mass is 16.8. The van der Waals surface area contributed by atoms with Gasteiger partial charge >= 0.3 is 0 Å². The van der Waals surface area contributed by atoms with Crippen molar-refractivity contribution in [2.24, 2.45) is 0 Å². The topological polar surface area (TPSA) is 307 Å². The van der Waals surface area contributed by atoms with Crippen LogP contribution in [-0.4, -0.2) is 193 Å². The first kappa shape index (κ1) is 91.6. The van der Waals surface area contributed by atoms with Crippen LogP contribution in [0.1, 0.15) is 226 Å². The van der Waals surface area contributed by atoms with E-state index in [1.165, 1.54) is 70.6 Å². The van der Waals surface area contributed by atoms with Crippen molar-refractivity contribution >= 4 is 5.91 Å². The molecular formula is C83H135NO18. The summed E-state index contributed by atoms with van der Waals surface area (Å²) >= 11 is 0. The smallest absolute Gasteiger partial charge is 0.220 e. The Morgan fingerprint density at radius 3 is 1.10 bits per heavy atom. The van der Waals surface area contributed by atoms with Crippen LogP contribution in [0.4, 0.5) is 0 Å². The van der Waals surface area contributed by atoms with Crippen LogP contribution in [0.25, 0.3) is 0 Å². The van der Waals surface area contributed by atoms with Crippen molar-refractivity contribution in [3.63, 3.8) is 0 Å². The maximum absolute atomic E-state index is 13.4. The van der Waals surface area contributed by atoms with Crippen LogP contribution in [0.15, 0.2) is 158 Å². The molecular weight excluding hydrogens is 1300 g/mol. The number of amides is 1. The summed E-state index contributed by atoms with van der Waals surface area (Å²) in [5.41, 5.74) is 0. The van der Waals surface area contributed by atoms with E-state index >= 15 is 0 Å². The Labute approximate surface area is 612 Å². The molecule has 0 aromatic rings. The Hall–Kier alpha value is -4.59. The van der Waals surface area contributed by atoms with Crippen LogP contribution in [-0.2, 0) is 33.2 Å². The second kappa shape index (κ2) is 61.6. The van der Waals surface area contributed by atoms with Crippen LogP contribution in [0.2, 0.25) is 0 Å². The molecule has 12 N–H and O–H groups in total. The van der Waals surface area contributed by atoms with Gasteiger partial charge in [-0.3, -0.25) is 4.79 Å². The van der Waals surface area contributed by atoms with Crippen LogP contribution < -0.4 is 5.32 Å². The van der Waals surface area contributed by atoms with Gasteiger partial charge in [0, 0.05) is 6.42 Å². The van der Waals surface area contributed by atoms with Gasteiger partial charge in [0.05, 0.1) is 38.6 Å². The molecule has 3 fully saturated rings. The zero-order chi connectivity index (χ0) is 73.9. The number of hydrogen-bond donors (Lipinski definition) is 12. The third-order valence-electron chi connectivity index (χ3n) is 18.1. The van der Waals surface area contributed by atoms with Crippen molar-refractivity contribution in [3.05, 3.63) is 158 Å². The molecule has 3 saturated heterocycles. The summed E-state index contributed by atoms with van der Waals surface area (Å²) in [5.74, 6) is -0.311. The third-order valence-corrected chi connectivity index (χ3v) is 18.1. The molecule has 3 rings (SSSR count). The van der Waals surface area contributed by atoms with Gasteiger partial charge in [-0.1, -0.05) is 262 Å². The van der Waals surface area contributed by atoms with Gasteiger partial charge < -0.3 is 89.9 Å². The van der Waals surface area contributed by atoms with Gasteiger partial charge in [-0.2, -0.15) is 0 Å². The molecule has 0 bridgehead atoms. The van der Waals surface area contributed by atoms with Gasteiger partial charge in [0.2, 0.25) is 5.91 Å². The second-order valence-electron chi connectivity index (χ2n) is 26.7. The number of aliphatic hydroxyl groups excluding tert-OH is 11. The third kappa shape index (κ3) is 41.3. The number of nitrogens with one attached hydrogen (secondary N) is 1. The highest BCUT2D eigenvalue weighted by molar-refractivity contribution is 5.76. The monoisotopic (exact) mass is 1430 g/mol. The summed E-state index contributed by atoms with van der Waals surface area (Å²) in [6.07, 6.45) is 63.6. The predicted molar refractivity (Wildman–Crippen MR) is 405 cm³/mol. The first-order valence-electron chi connectivity index (χ1n) is 38.7. The molecule has 1 amide bonds. The van der Waals surface area contributed by atoms with E-state index < -0.39 is 124 Å². The van der Waals surface area contributed by atoms with Gasteiger partial charge in [0.25, 0.3) is 0 Å². The number of hydrogen-bond acceptors (Lipinski definition) is 18. The van der Waals surface area contributed by atoms with E-state index in [9.17, 15) is 61.0 Å². The lowest BCUT2D eigenvalue weighted by atomic mass is 9.96. The molecule has 17 atom stereocenters. The number of carbonyl (C=O) groups excluding carboxylic acids is 1. The van der Waals surface area contributed by atoms with Gasteiger partial charge in [0.1, 0.15) is 73.2 Å². The molecule has 19 nitrogen and oxygen atoms in total. The van der Waals surface area contributed by atoms with E-state index in [0.29, 0.717) is 12.8 Å². The Bertz CT molecular complexity index is 2460. The fourth-order valence-electron chi connectivity index (χ4n) is 11.9. The van der Waals surface area contributed by atoms with E-state index in [2.05, 4.69) is 165 Å². The Morgan fingerprint density at radius 2 is 0.686 bits per heavy atom. The van der Waals surface area contributed by atoms with Crippen LogP contribution >= 0.6 is 0 Å². The molecule has 0 spiro atoms. The first-order chi connectivity index (χ1) is 49.8. The van der Waals surface area contributed by atoms with Crippen molar-refractivity contribution in [1.82, 2.24) is 5.32 Å². The normalized spacial score (nSPS) is 27.1. The summed E-state index contributed by atoms with van der Waals surface area (Å²) in [6.45, 7) is 1.57. The molecule has 3 aliphatic rings. The summed E-state index contributed by atoms with van der Waals surface area (Å²) in [7, 11) is 0. The lowest BCUT2D eigenvalue weighted by molar-refractivity contribution is -0.379. The van der Waals surface area contributed by atoms with Crippen LogP contribution in [0.5, 0.6) is 0 Å². The standard InChI is InChI=1S/C83H135NO18/c1-3-5-7-9-11-13-15-17-19-21-23-24-25-26-27-28-29-30-31-32-33-34-35-36-37-38-39-40-41-42-43-45-47-49-51-53-55-57-59-61-71(89)84-66(67(88)60-58-56-54-52-50-48-46-44-22-20-18-16-14-12-10-8-6-4-2)65-97-81-77(95)74(92)79(69(63-86)99-81)102-83-78(96)75(93)80(70(64-87)100-83)101-82-76(94)73(91)72(90)68(62-85)98-82/h5,7,11,13,17,19,23-24,26-27,29-30,32-33,35-36,38-39,41-42,45,47,50,52,58,60,66-70,72-83,85-88,90-96H,3-4,6,8-10,12,14-16,18,20-22,25,28,31,34,37,40,43-44,46,48-49,51,53-57,59,61-65H2,1-2H3,(H,84,89)/b7-5-,13-11-,19-17-,24-23-,27-26-,30-29-,33-32-,36-35-,39-38-,42-41-,47-45-,52-50+,60-58+. The van der Waals surface area contributed by atoms with E-state index in [1.807, 2.05) is 6.08 Å². The Balaban J connectivity index is 1.38. The van der Waals surface area contributed by atoms with E-state index in [1.54, 1.807) is 6.08 Å². The second-order valence-corrected chi connectivity index (χ2v) is 26.7. The van der Waals surface area contributed by atoms with Crippen molar-refractivity contribution in [2.45, 2.75) is 330 Å². The summed E-state index contributed by atoms with van der Waals surface area (Å²) in [6, 6.07) is -1.01. The summed E-state index contributed by atoms with van der Waals surface area (Å²) in [4.78, 5) is 13.4. The van der Waals surface area contributed by atoms with E-state index in [4.69, 9.17) is 28.4 Å². The van der Waals surface area contributed by atoms with E-state index in [0.717, 1.165) is 122 Å². The zero-order valence-corrected chi connectivity index (χ0v) is 61.8. The van der Waals surface area contributed by atoms with Crippen LogP contribution in [0, 0.1) is 0 Å². The summed E-state index contributed by atoms with van der Waals surface area (Å²) in [5, 5.41) is 121. The maximum atomic E-state index is 13.4. The van der Waals surface area contributed by atoms with Gasteiger partial charge in [-0.15, -0.1) is 0 Å². The Kier molecular flexibility index (Phi) is 55.3. The van der Waals surface area contributed by atoms with Crippen molar-refractivity contribution in [1.29, 1.82) is 0 Å². The van der Waals surface area contributed by atoms with Crippen molar-refractivity contribution in [2.75, 3.05) is 26.4 Å². The molecule has 0 radical (unpaired) electrons. The highest BCUT2D eigenvalue weighted by Crippen LogP contribution is 2.33. The predicted octanol–water partition coefficient (Wildman–Crippen LogP) is 12.4. The number of aliphatic hydroxyl groups is 11. The average molecular weight is 1430 g/mol. The zero-order valence-electron chi connectivity index (χ0n) is 61.8. The average Bonchev–Trinajstić information content (AvgIpc) is 0.781. The maximum Gasteiger partial charge on any atom is 0.220 e. The molecule has 102 heavy (non-hydrogen) atoms. The lowest BCUT2D eigenvalue weighted by Crippen LogP contribution is -2.66. The quantitative estimate of drug-likeness (QED) is 0.0199. The fraction of sp³-hybridized carbons (Fsp3) is 0.675. The molecule has 0 saturated carbocycles. The molecule has 0 aromatic carbocycles. The minimum absolute atomic E-state index is 0.202. The molecule has 0 aliphatic carbocycles. The van der Waals surface area contributed by atoms with Crippen LogP contribution in [0.3, 0.4) is 0 Å². The number of unbranched alkanes of at least 4 members (excludes halogenated alkanes) is 18. The first-order valence-corrected chi connectivity index (χ1v) is 38.7. The van der Waals surface area contributed by atoms with Gasteiger partial charge in [-0.25, -0.2) is 0 Å². The summed E-state index contributed by atoms with van der Waals surface area (Å²) < 4.78 is 34.4. The van der Waals surface area contributed by atoms with Crippen molar-refractivity contribution in [3.8, 4) is 0 Å². The Morgan fingerprint density at radius 1 is 0.363 bits per heavy atom. The van der Waals surface area contributed by atoms with Crippen molar-refractivity contribution < 1.29 is 89.4 Å². The minimum atomic E-state index is -1.99. The lowest BCUT2D eigenvalue weighted by Gasteiger charge is -2.48. The molecule has 17 unspecified atom stereocenters. The number of allylic oxidation sites excluding steroid dienone is 25. The largest absolute Gasteiger partial charge is 0.394 e. The molecule has 19 heteroatoms. The molecule has 3 aliphatic heterocycles. The number of rotatable bonds is 58. The number of carbonyl (C=O) groups is 1. The molecule has 580 valence electrons.